The van der Waals surface area contributed by atoms with Crippen LogP contribution >= 0.6 is 0 Å². The molecule has 84 valence electrons. The average Bonchev–Trinajstić information content (AvgIpc) is 2.13. The van der Waals surface area contributed by atoms with E-state index in [1.54, 1.807) is 0 Å². The van der Waals surface area contributed by atoms with E-state index in [0.717, 1.165) is 12.1 Å². The third-order valence-corrected chi connectivity index (χ3v) is 8.60. The molecular weight excluding hydrogens is 421 g/mol. The number of hydrogen-bond donors (Lipinski definition) is 0. The zero-order valence-corrected chi connectivity index (χ0v) is 14.2. The molecule has 0 unspecified atom stereocenters. The molecule has 0 heterocycles. The van der Waals surface area contributed by atoms with Crippen molar-refractivity contribution in [2.75, 3.05) is 0 Å². The molecule has 2 rings (SSSR count). The van der Waals surface area contributed by atoms with Crippen molar-refractivity contribution in [3.8, 4) is 0 Å². The third kappa shape index (κ3) is 3.53. The Morgan fingerprint density at radius 1 is 0.529 bits per heavy atom. The van der Waals surface area contributed by atoms with Gasteiger partial charge in [-0.2, -0.15) is 0 Å². The first-order chi connectivity index (χ1) is 8.02. The van der Waals surface area contributed by atoms with E-state index in [0.29, 0.717) is 6.14 Å². The van der Waals surface area contributed by atoms with Gasteiger partial charge in [0.2, 0.25) is 0 Å². The van der Waals surface area contributed by atoms with E-state index in [1.165, 1.54) is 24.3 Å². The van der Waals surface area contributed by atoms with Crippen LogP contribution in [0.1, 0.15) is 0 Å². The molecule has 0 aliphatic heterocycles. The molecule has 2 aromatic carbocycles. The molecule has 17 heavy (non-hydrogen) atoms. The number of rotatable bonds is 2. The van der Waals surface area contributed by atoms with Crippen molar-refractivity contribution in [1.82, 2.24) is 0 Å². The Bertz CT molecular complexity index is 464. The summed E-state index contributed by atoms with van der Waals surface area (Å²) < 4.78 is 52.8. The topological polar surface area (TPSA) is 0 Å². The molecule has 0 fully saturated rings. The van der Waals surface area contributed by atoms with Gasteiger partial charge in [-0.15, -0.1) is 0 Å². The molecule has 0 aromatic heterocycles. The van der Waals surface area contributed by atoms with E-state index >= 15 is 0 Å². The Morgan fingerprint density at radius 2 is 0.824 bits per heavy atom. The zero-order valence-electron chi connectivity index (χ0n) is 8.68. The molecule has 0 nitrogen and oxygen atoms in total. The SMILES string of the molecule is Fc1cc(F)c[c]([Hg][c]2cc(F)cc(F)c2)c1. The molecular formula is C12H6F4Hg. The van der Waals surface area contributed by atoms with Crippen LogP contribution in [0.25, 0.3) is 0 Å². The van der Waals surface area contributed by atoms with Gasteiger partial charge in [-0.25, -0.2) is 0 Å². The fraction of sp³-hybridized carbons (Fsp3) is 0. The van der Waals surface area contributed by atoms with Crippen LogP contribution in [-0.4, -0.2) is 0 Å². The standard InChI is InChI=1S/2C6H3F2.Hg/c2*7-5-2-1-3-6(8)4-5;/h2*2-4H;. The van der Waals surface area contributed by atoms with Gasteiger partial charge in [-0.3, -0.25) is 0 Å². The summed E-state index contributed by atoms with van der Waals surface area (Å²) in [6, 6.07) is 6.48. The van der Waals surface area contributed by atoms with Crippen molar-refractivity contribution in [2.24, 2.45) is 0 Å². The van der Waals surface area contributed by atoms with Crippen LogP contribution in [0.5, 0.6) is 0 Å². The van der Waals surface area contributed by atoms with Crippen LogP contribution < -0.4 is 6.14 Å². The van der Waals surface area contributed by atoms with Gasteiger partial charge in [0, 0.05) is 0 Å². The van der Waals surface area contributed by atoms with E-state index in [2.05, 4.69) is 0 Å². The van der Waals surface area contributed by atoms with Gasteiger partial charge in [0.25, 0.3) is 0 Å². The van der Waals surface area contributed by atoms with Crippen molar-refractivity contribution in [1.29, 1.82) is 0 Å². The maximum atomic E-state index is 12.9. The summed E-state index contributed by atoms with van der Waals surface area (Å²) in [7, 11) is 0. The maximum absolute atomic E-state index is 12.9. The number of benzene rings is 2. The van der Waals surface area contributed by atoms with Gasteiger partial charge in [-0.1, -0.05) is 0 Å². The van der Waals surface area contributed by atoms with Gasteiger partial charge in [0.15, 0.2) is 0 Å². The first kappa shape index (κ1) is 12.5. The first-order valence-corrected chi connectivity index (χ1v) is 10.4. The molecule has 0 N–H and O–H groups in total. The first-order valence-electron chi connectivity index (χ1n) is 4.93. The van der Waals surface area contributed by atoms with Gasteiger partial charge in [-0.05, 0) is 0 Å². The third-order valence-electron chi connectivity index (χ3n) is 2.25. The number of halogens is 4. The van der Waals surface area contributed by atoms with E-state index in [4.69, 9.17) is 0 Å². The predicted octanol–water partition coefficient (Wildman–Crippen LogP) is 2.28. The minimum absolute atomic E-state index is 0.549. The molecule has 0 spiro atoms. The summed E-state index contributed by atoms with van der Waals surface area (Å²) in [6.45, 7) is 0. The Kier molecular flexibility index (Phi) is 3.81. The molecule has 0 aliphatic carbocycles. The van der Waals surface area contributed by atoms with Crippen LogP contribution in [0.4, 0.5) is 17.6 Å². The van der Waals surface area contributed by atoms with Crippen molar-refractivity contribution in [3.63, 3.8) is 0 Å². The summed E-state index contributed by atoms with van der Waals surface area (Å²) >= 11 is -2.09. The summed E-state index contributed by atoms with van der Waals surface area (Å²) in [5.41, 5.74) is 0. The van der Waals surface area contributed by atoms with Crippen LogP contribution in [0.2, 0.25) is 0 Å². The van der Waals surface area contributed by atoms with E-state index in [-0.39, 0.29) is 0 Å². The Balaban J connectivity index is 2.31. The summed E-state index contributed by atoms with van der Waals surface area (Å²) in [4.78, 5) is 0. The average molecular weight is 427 g/mol. The van der Waals surface area contributed by atoms with E-state index < -0.39 is 47.8 Å². The van der Waals surface area contributed by atoms with Crippen LogP contribution in [0.15, 0.2) is 36.4 Å². The van der Waals surface area contributed by atoms with Crippen LogP contribution in [-0.2, 0) is 24.6 Å². The van der Waals surface area contributed by atoms with Crippen molar-refractivity contribution >= 4 is 6.14 Å². The summed E-state index contributed by atoms with van der Waals surface area (Å²) in [5, 5.41) is 0. The second kappa shape index (κ2) is 5.17. The molecule has 0 bridgehead atoms. The monoisotopic (exact) mass is 428 g/mol. The van der Waals surface area contributed by atoms with E-state index in [9.17, 15) is 17.6 Å². The van der Waals surface area contributed by atoms with Crippen molar-refractivity contribution in [2.45, 2.75) is 0 Å². The normalized spacial score (nSPS) is 10.1. The van der Waals surface area contributed by atoms with Gasteiger partial charge in [0.05, 0.1) is 0 Å². The molecule has 2 aromatic rings. The number of hydrogen-bond acceptors (Lipinski definition) is 0. The summed E-state index contributed by atoms with van der Waals surface area (Å²) in [6.07, 6.45) is 0. The fourth-order valence-corrected chi connectivity index (χ4v) is 8.11. The molecule has 0 radical (unpaired) electrons. The Morgan fingerprint density at radius 3 is 1.12 bits per heavy atom. The molecule has 0 saturated carbocycles. The molecule has 0 aliphatic rings. The quantitative estimate of drug-likeness (QED) is 0.510. The fourth-order valence-electron chi connectivity index (χ4n) is 1.66. The molecule has 0 atom stereocenters. The van der Waals surface area contributed by atoms with Crippen LogP contribution in [0.3, 0.4) is 0 Å². The predicted molar refractivity (Wildman–Crippen MR) is 52.0 cm³/mol. The van der Waals surface area contributed by atoms with E-state index in [1.807, 2.05) is 0 Å². The van der Waals surface area contributed by atoms with Crippen molar-refractivity contribution in [3.05, 3.63) is 59.7 Å². The van der Waals surface area contributed by atoms with Gasteiger partial charge < -0.3 is 0 Å². The zero-order chi connectivity index (χ0) is 12.4. The molecule has 0 saturated heterocycles. The van der Waals surface area contributed by atoms with Gasteiger partial charge >= 0.3 is 108 Å². The van der Waals surface area contributed by atoms with Gasteiger partial charge in [0.1, 0.15) is 0 Å². The minimum atomic E-state index is -2.09. The molecule has 0 amide bonds. The molecule has 5 heteroatoms. The summed E-state index contributed by atoms with van der Waals surface area (Å²) in [5.74, 6) is -2.62. The van der Waals surface area contributed by atoms with Crippen LogP contribution in [0, 0.1) is 23.3 Å². The van der Waals surface area contributed by atoms with Crippen molar-refractivity contribution < 1.29 is 42.1 Å². The second-order valence-electron chi connectivity index (χ2n) is 3.73. The Hall–Kier alpha value is -0.905. The Labute approximate surface area is 108 Å². The second-order valence-corrected chi connectivity index (χ2v) is 11.5.